The van der Waals surface area contributed by atoms with E-state index >= 15 is 0 Å². The molecule has 0 fully saturated rings. The number of benzene rings is 2. The molecular formula is C10H6N2O4. The Labute approximate surface area is 89.3 Å². The lowest BCUT2D eigenvalue weighted by atomic mass is 10.1. The van der Waals surface area contributed by atoms with E-state index in [1.165, 1.54) is 6.07 Å². The first-order chi connectivity index (χ1) is 7.65. The van der Waals surface area contributed by atoms with E-state index in [0.717, 1.165) is 0 Å². The third kappa shape index (κ3) is 1.36. The average Bonchev–Trinajstić information content (AvgIpc) is 2.29. The molecule has 16 heavy (non-hydrogen) atoms. The number of nitroso groups, excluding NO2 is 1. The van der Waals surface area contributed by atoms with Crippen LogP contribution in [-0.2, 0) is 0 Å². The summed E-state index contributed by atoms with van der Waals surface area (Å²) in [6, 6.07) is 7.72. The van der Waals surface area contributed by atoms with Gasteiger partial charge in [-0.1, -0.05) is 24.3 Å². The quantitative estimate of drug-likeness (QED) is 0.476. The molecule has 6 nitrogen and oxygen atoms in total. The number of nitro groups is 1. The minimum Gasteiger partial charge on any atom is -0.505 e. The van der Waals surface area contributed by atoms with Crippen LogP contribution >= 0.6 is 0 Å². The fourth-order valence-corrected chi connectivity index (χ4v) is 1.53. The molecule has 0 saturated carbocycles. The fourth-order valence-electron chi connectivity index (χ4n) is 1.53. The van der Waals surface area contributed by atoms with E-state index in [2.05, 4.69) is 5.18 Å². The highest BCUT2D eigenvalue weighted by Gasteiger charge is 2.21. The van der Waals surface area contributed by atoms with Crippen LogP contribution in [0.2, 0.25) is 0 Å². The summed E-state index contributed by atoms with van der Waals surface area (Å²) >= 11 is 0. The van der Waals surface area contributed by atoms with Gasteiger partial charge in [-0.3, -0.25) is 10.1 Å². The molecule has 0 radical (unpaired) electrons. The fraction of sp³-hybridized carbons (Fsp3) is 0. The monoisotopic (exact) mass is 218 g/mol. The molecule has 2 aromatic rings. The van der Waals surface area contributed by atoms with Crippen LogP contribution in [0.4, 0.5) is 11.4 Å². The highest BCUT2D eigenvalue weighted by atomic mass is 16.6. The van der Waals surface area contributed by atoms with Crippen LogP contribution in [0.3, 0.4) is 0 Å². The smallest absolute Gasteiger partial charge is 0.302 e. The summed E-state index contributed by atoms with van der Waals surface area (Å²) in [5, 5.41) is 23.7. The largest absolute Gasteiger partial charge is 0.505 e. The van der Waals surface area contributed by atoms with Crippen LogP contribution in [0, 0.1) is 15.0 Å². The van der Waals surface area contributed by atoms with Crippen molar-refractivity contribution in [1.82, 2.24) is 0 Å². The Kier molecular flexibility index (Phi) is 2.24. The Morgan fingerprint density at radius 1 is 1.31 bits per heavy atom. The topological polar surface area (TPSA) is 92.8 Å². The predicted octanol–water partition coefficient (Wildman–Crippen LogP) is 2.85. The minimum absolute atomic E-state index is 0.364. The van der Waals surface area contributed by atoms with Gasteiger partial charge >= 0.3 is 5.69 Å². The highest BCUT2D eigenvalue weighted by Crippen LogP contribution is 2.42. The van der Waals surface area contributed by atoms with E-state index in [0.29, 0.717) is 10.8 Å². The standard InChI is InChI=1S/C10H6N2O4/c13-10-7-4-2-1-3-6(7)5-8(12(15)16)9(10)11-14/h1-5,13H. The molecule has 0 saturated heterocycles. The van der Waals surface area contributed by atoms with Crippen molar-refractivity contribution in [1.29, 1.82) is 0 Å². The summed E-state index contributed by atoms with van der Waals surface area (Å²) in [6.07, 6.45) is 0. The van der Waals surface area contributed by atoms with Gasteiger partial charge in [-0.2, -0.15) is 0 Å². The summed E-state index contributed by atoms with van der Waals surface area (Å²) < 4.78 is 0. The van der Waals surface area contributed by atoms with Crippen molar-refractivity contribution in [3.63, 3.8) is 0 Å². The first-order valence-electron chi connectivity index (χ1n) is 4.37. The number of hydrogen-bond acceptors (Lipinski definition) is 5. The summed E-state index contributed by atoms with van der Waals surface area (Å²) in [7, 11) is 0. The van der Waals surface area contributed by atoms with Crippen molar-refractivity contribution in [2.24, 2.45) is 5.18 Å². The molecule has 0 aliphatic carbocycles. The maximum absolute atomic E-state index is 10.7. The summed E-state index contributed by atoms with van der Waals surface area (Å²) in [6.45, 7) is 0. The van der Waals surface area contributed by atoms with Crippen molar-refractivity contribution in [3.8, 4) is 5.75 Å². The Balaban J connectivity index is 2.92. The molecule has 0 unspecified atom stereocenters. The van der Waals surface area contributed by atoms with Crippen molar-refractivity contribution in [2.75, 3.05) is 0 Å². The van der Waals surface area contributed by atoms with Crippen molar-refractivity contribution in [2.45, 2.75) is 0 Å². The SMILES string of the molecule is O=Nc1c([N+](=O)[O-])cc2ccccc2c1O. The number of rotatable bonds is 2. The zero-order chi connectivity index (χ0) is 11.7. The van der Waals surface area contributed by atoms with E-state index in [9.17, 15) is 20.1 Å². The number of nitro benzene ring substituents is 1. The molecule has 0 aliphatic heterocycles. The van der Waals surface area contributed by atoms with Gasteiger partial charge < -0.3 is 5.11 Å². The van der Waals surface area contributed by atoms with Gasteiger partial charge in [0.25, 0.3) is 0 Å². The molecule has 0 aliphatic rings. The number of phenols is 1. The molecule has 2 rings (SSSR count). The van der Waals surface area contributed by atoms with Gasteiger partial charge in [0.2, 0.25) is 5.69 Å². The Hall–Kier alpha value is -2.50. The molecule has 0 amide bonds. The minimum atomic E-state index is -0.747. The molecular weight excluding hydrogens is 212 g/mol. The van der Waals surface area contributed by atoms with Gasteiger partial charge in [0.1, 0.15) is 0 Å². The first-order valence-corrected chi connectivity index (χ1v) is 4.37. The van der Waals surface area contributed by atoms with Gasteiger partial charge in [-0.05, 0) is 10.6 Å². The van der Waals surface area contributed by atoms with Crippen molar-refractivity contribution in [3.05, 3.63) is 45.4 Å². The van der Waals surface area contributed by atoms with Crippen molar-refractivity contribution < 1.29 is 10.0 Å². The van der Waals surface area contributed by atoms with E-state index < -0.39 is 22.0 Å². The van der Waals surface area contributed by atoms with Crippen LogP contribution in [0.1, 0.15) is 0 Å². The summed E-state index contributed by atoms with van der Waals surface area (Å²) in [4.78, 5) is 20.4. The maximum Gasteiger partial charge on any atom is 0.302 e. The van der Waals surface area contributed by atoms with Gasteiger partial charge in [0.15, 0.2) is 5.75 Å². The second-order valence-corrected chi connectivity index (χ2v) is 3.16. The zero-order valence-electron chi connectivity index (χ0n) is 7.95. The van der Waals surface area contributed by atoms with Crippen LogP contribution in [-0.4, -0.2) is 10.0 Å². The second kappa shape index (κ2) is 3.58. The number of nitrogens with zero attached hydrogens (tertiary/aromatic N) is 2. The molecule has 80 valence electrons. The molecule has 0 atom stereocenters. The lowest BCUT2D eigenvalue weighted by Crippen LogP contribution is -1.89. The van der Waals surface area contributed by atoms with Gasteiger partial charge in [-0.25, -0.2) is 0 Å². The van der Waals surface area contributed by atoms with Gasteiger partial charge in [0, 0.05) is 11.5 Å². The highest BCUT2D eigenvalue weighted by molar-refractivity contribution is 5.96. The average molecular weight is 218 g/mol. The van der Waals surface area contributed by atoms with Gasteiger partial charge in [0.05, 0.1) is 4.92 Å². The molecule has 2 aromatic carbocycles. The third-order valence-electron chi connectivity index (χ3n) is 2.26. The van der Waals surface area contributed by atoms with Crippen LogP contribution in [0.25, 0.3) is 10.8 Å². The molecule has 1 N–H and O–H groups in total. The first kappa shape index (κ1) is 10.0. The predicted molar refractivity (Wildman–Crippen MR) is 57.7 cm³/mol. The van der Waals surface area contributed by atoms with E-state index in [1.54, 1.807) is 24.3 Å². The lowest BCUT2D eigenvalue weighted by molar-refractivity contribution is -0.384. The molecule has 0 bridgehead atoms. The maximum atomic E-state index is 10.7. The molecule has 0 aromatic heterocycles. The van der Waals surface area contributed by atoms with Crippen LogP contribution in [0.15, 0.2) is 35.5 Å². The molecule has 6 heteroatoms. The van der Waals surface area contributed by atoms with E-state index in [1.807, 2.05) is 0 Å². The number of aromatic hydroxyl groups is 1. The van der Waals surface area contributed by atoms with E-state index in [4.69, 9.17) is 0 Å². The summed E-state index contributed by atoms with van der Waals surface area (Å²) in [5.41, 5.74) is -1.03. The van der Waals surface area contributed by atoms with Gasteiger partial charge in [-0.15, -0.1) is 4.91 Å². The van der Waals surface area contributed by atoms with E-state index in [-0.39, 0.29) is 0 Å². The molecule has 0 spiro atoms. The third-order valence-corrected chi connectivity index (χ3v) is 2.26. The Morgan fingerprint density at radius 2 is 2.00 bits per heavy atom. The number of fused-ring (bicyclic) bond motifs is 1. The zero-order valence-corrected chi connectivity index (χ0v) is 7.95. The Bertz CT molecular complexity index is 595. The van der Waals surface area contributed by atoms with Crippen molar-refractivity contribution >= 4 is 22.1 Å². The number of hydrogen-bond donors (Lipinski definition) is 1. The van der Waals surface area contributed by atoms with Crippen LogP contribution in [0.5, 0.6) is 5.75 Å². The number of phenolic OH excluding ortho intramolecular Hbond substituents is 1. The Morgan fingerprint density at radius 3 is 2.62 bits per heavy atom. The normalized spacial score (nSPS) is 10.2. The summed E-state index contributed by atoms with van der Waals surface area (Å²) in [5.74, 6) is -0.459. The van der Waals surface area contributed by atoms with Crippen LogP contribution < -0.4 is 0 Å². The molecule has 0 heterocycles. The second-order valence-electron chi connectivity index (χ2n) is 3.16. The lowest BCUT2D eigenvalue weighted by Gasteiger charge is -2.03.